The Morgan fingerprint density at radius 3 is 2.35 bits per heavy atom. The average Bonchev–Trinajstić information content (AvgIpc) is 2.46. The molecule has 3 N–H and O–H groups in total. The molecule has 0 aliphatic carbocycles. The van der Waals surface area contributed by atoms with Gasteiger partial charge < -0.3 is 0 Å². The van der Waals surface area contributed by atoms with E-state index in [4.69, 9.17) is 5.84 Å². The lowest BCUT2D eigenvalue weighted by Crippen LogP contribution is -2.31. The highest BCUT2D eigenvalue weighted by Crippen LogP contribution is 2.24. The van der Waals surface area contributed by atoms with Crippen LogP contribution in [0, 0.1) is 13.8 Å². The lowest BCUT2D eigenvalue weighted by Gasteiger charge is -2.20. The van der Waals surface area contributed by atoms with E-state index in [1.807, 2.05) is 6.20 Å². The molecule has 0 aliphatic rings. The molecule has 1 aromatic heterocycles. The first-order valence-electron chi connectivity index (χ1n) is 7.11. The van der Waals surface area contributed by atoms with Crippen LogP contribution in [-0.2, 0) is 12.8 Å². The molecule has 0 saturated carbocycles. The van der Waals surface area contributed by atoms with Crippen molar-refractivity contribution in [3.8, 4) is 0 Å². The van der Waals surface area contributed by atoms with Crippen molar-refractivity contribution in [2.45, 2.75) is 39.7 Å². The second-order valence-corrected chi connectivity index (χ2v) is 5.24. The van der Waals surface area contributed by atoms with Gasteiger partial charge in [0.05, 0.1) is 6.04 Å². The van der Waals surface area contributed by atoms with Gasteiger partial charge in [0, 0.05) is 18.3 Å². The third-order valence-electron chi connectivity index (χ3n) is 3.80. The summed E-state index contributed by atoms with van der Waals surface area (Å²) in [7, 11) is 0. The molecule has 2 aromatic rings. The zero-order valence-electron chi connectivity index (χ0n) is 12.5. The largest absolute Gasteiger partial charge is 0.271 e. The topological polar surface area (TPSA) is 50.9 Å². The maximum absolute atomic E-state index is 5.77. The highest BCUT2D eigenvalue weighted by atomic mass is 15.2. The number of aryl methyl sites for hydroxylation is 3. The molecule has 1 heterocycles. The summed E-state index contributed by atoms with van der Waals surface area (Å²) in [6.07, 6.45) is 3.77. The van der Waals surface area contributed by atoms with Crippen LogP contribution in [0.15, 0.2) is 36.5 Å². The standard InChI is InChI=1S/C17H23N3/c1-4-14-8-9-15(19-11-14)10-16(20-18)17-12(2)6-5-7-13(17)3/h5-9,11,16,20H,4,10,18H2,1-3H3. The quantitative estimate of drug-likeness (QED) is 0.648. The fourth-order valence-corrected chi connectivity index (χ4v) is 2.62. The van der Waals surface area contributed by atoms with Crippen molar-refractivity contribution in [1.29, 1.82) is 0 Å². The number of pyridine rings is 1. The molecule has 3 heteroatoms. The first kappa shape index (κ1) is 14.7. The Balaban J connectivity index is 2.24. The Morgan fingerprint density at radius 1 is 1.15 bits per heavy atom. The van der Waals surface area contributed by atoms with E-state index in [0.717, 1.165) is 18.5 Å². The monoisotopic (exact) mass is 269 g/mol. The molecule has 0 spiro atoms. The van der Waals surface area contributed by atoms with E-state index in [-0.39, 0.29) is 6.04 Å². The van der Waals surface area contributed by atoms with Gasteiger partial charge in [0.15, 0.2) is 0 Å². The number of nitrogens with one attached hydrogen (secondary N) is 1. The normalized spacial score (nSPS) is 12.4. The summed E-state index contributed by atoms with van der Waals surface area (Å²) in [5.41, 5.74) is 9.06. The summed E-state index contributed by atoms with van der Waals surface area (Å²) in [6.45, 7) is 6.39. The van der Waals surface area contributed by atoms with Crippen LogP contribution < -0.4 is 11.3 Å². The first-order valence-corrected chi connectivity index (χ1v) is 7.11. The second kappa shape index (κ2) is 6.64. The number of hydrogen-bond donors (Lipinski definition) is 2. The Bertz CT molecular complexity index is 541. The van der Waals surface area contributed by atoms with Crippen LogP contribution >= 0.6 is 0 Å². The van der Waals surface area contributed by atoms with E-state index >= 15 is 0 Å². The van der Waals surface area contributed by atoms with Gasteiger partial charge in [0.1, 0.15) is 0 Å². The molecule has 1 atom stereocenters. The summed E-state index contributed by atoms with van der Waals surface area (Å²) in [5.74, 6) is 5.77. The molecule has 106 valence electrons. The van der Waals surface area contributed by atoms with Crippen molar-refractivity contribution in [1.82, 2.24) is 10.4 Å². The van der Waals surface area contributed by atoms with Crippen molar-refractivity contribution < 1.29 is 0 Å². The summed E-state index contributed by atoms with van der Waals surface area (Å²) in [4.78, 5) is 4.53. The van der Waals surface area contributed by atoms with Crippen LogP contribution in [0.3, 0.4) is 0 Å². The van der Waals surface area contributed by atoms with Gasteiger partial charge in [-0.2, -0.15) is 0 Å². The number of nitrogens with zero attached hydrogens (tertiary/aromatic N) is 1. The molecule has 20 heavy (non-hydrogen) atoms. The second-order valence-electron chi connectivity index (χ2n) is 5.24. The Hall–Kier alpha value is -1.71. The molecule has 0 fully saturated rings. The molecule has 0 saturated heterocycles. The molecule has 0 radical (unpaired) electrons. The van der Waals surface area contributed by atoms with Gasteiger partial charge >= 0.3 is 0 Å². The van der Waals surface area contributed by atoms with Crippen LogP contribution in [0.4, 0.5) is 0 Å². The number of rotatable bonds is 5. The van der Waals surface area contributed by atoms with E-state index in [2.05, 4.69) is 61.5 Å². The fourth-order valence-electron chi connectivity index (χ4n) is 2.62. The summed E-state index contributed by atoms with van der Waals surface area (Å²) in [6, 6.07) is 10.7. The highest BCUT2D eigenvalue weighted by molar-refractivity contribution is 5.36. The molecule has 0 aliphatic heterocycles. The minimum atomic E-state index is 0.0937. The zero-order valence-corrected chi connectivity index (χ0v) is 12.5. The van der Waals surface area contributed by atoms with Crippen LogP contribution in [-0.4, -0.2) is 4.98 Å². The molecule has 1 unspecified atom stereocenters. The predicted molar refractivity (Wildman–Crippen MR) is 83.3 cm³/mol. The summed E-state index contributed by atoms with van der Waals surface area (Å²) >= 11 is 0. The van der Waals surface area contributed by atoms with Crippen LogP contribution in [0.25, 0.3) is 0 Å². The number of aromatic nitrogens is 1. The molecule has 3 nitrogen and oxygen atoms in total. The molecule has 2 rings (SSSR count). The zero-order chi connectivity index (χ0) is 14.5. The van der Waals surface area contributed by atoms with Crippen LogP contribution in [0.1, 0.15) is 40.9 Å². The van der Waals surface area contributed by atoms with Crippen molar-refractivity contribution in [3.63, 3.8) is 0 Å². The van der Waals surface area contributed by atoms with E-state index in [1.54, 1.807) is 0 Å². The Labute approximate surface area is 121 Å². The maximum atomic E-state index is 5.77. The lowest BCUT2D eigenvalue weighted by atomic mass is 9.93. The Morgan fingerprint density at radius 2 is 1.85 bits per heavy atom. The van der Waals surface area contributed by atoms with E-state index < -0.39 is 0 Å². The van der Waals surface area contributed by atoms with Gasteiger partial charge in [-0.3, -0.25) is 16.3 Å². The third-order valence-corrected chi connectivity index (χ3v) is 3.80. The summed E-state index contributed by atoms with van der Waals surface area (Å²) in [5, 5.41) is 0. The summed E-state index contributed by atoms with van der Waals surface area (Å²) < 4.78 is 0. The van der Waals surface area contributed by atoms with E-state index in [0.29, 0.717) is 0 Å². The molecule has 1 aromatic carbocycles. The number of hydrogen-bond acceptors (Lipinski definition) is 3. The molecular weight excluding hydrogens is 246 g/mol. The molecular formula is C17H23N3. The minimum Gasteiger partial charge on any atom is -0.271 e. The van der Waals surface area contributed by atoms with Gasteiger partial charge in [-0.25, -0.2) is 0 Å². The van der Waals surface area contributed by atoms with Crippen molar-refractivity contribution in [2.24, 2.45) is 5.84 Å². The number of benzene rings is 1. The number of hydrazine groups is 1. The van der Waals surface area contributed by atoms with Gasteiger partial charge in [-0.05, 0) is 48.6 Å². The third kappa shape index (κ3) is 3.24. The lowest BCUT2D eigenvalue weighted by molar-refractivity contribution is 0.541. The van der Waals surface area contributed by atoms with E-state index in [9.17, 15) is 0 Å². The highest BCUT2D eigenvalue weighted by Gasteiger charge is 2.15. The predicted octanol–water partition coefficient (Wildman–Crippen LogP) is 3.01. The molecule has 0 amide bonds. The smallest absolute Gasteiger partial charge is 0.0520 e. The van der Waals surface area contributed by atoms with E-state index in [1.165, 1.54) is 22.3 Å². The Kier molecular flexibility index (Phi) is 4.88. The SMILES string of the molecule is CCc1ccc(CC(NN)c2c(C)cccc2C)nc1. The van der Waals surface area contributed by atoms with Crippen molar-refractivity contribution in [3.05, 3.63) is 64.5 Å². The van der Waals surface area contributed by atoms with Crippen LogP contribution in [0.2, 0.25) is 0 Å². The molecule has 0 bridgehead atoms. The maximum Gasteiger partial charge on any atom is 0.0520 e. The average molecular weight is 269 g/mol. The van der Waals surface area contributed by atoms with Gasteiger partial charge in [0.2, 0.25) is 0 Å². The fraction of sp³-hybridized carbons (Fsp3) is 0.353. The van der Waals surface area contributed by atoms with Gasteiger partial charge in [0.25, 0.3) is 0 Å². The van der Waals surface area contributed by atoms with Crippen LogP contribution in [0.5, 0.6) is 0 Å². The van der Waals surface area contributed by atoms with Gasteiger partial charge in [-0.15, -0.1) is 0 Å². The number of nitrogens with two attached hydrogens (primary N) is 1. The first-order chi connectivity index (χ1) is 9.65. The van der Waals surface area contributed by atoms with Gasteiger partial charge in [-0.1, -0.05) is 31.2 Å². The van der Waals surface area contributed by atoms with Crippen molar-refractivity contribution in [2.75, 3.05) is 0 Å². The van der Waals surface area contributed by atoms with Crippen molar-refractivity contribution >= 4 is 0 Å². The minimum absolute atomic E-state index is 0.0937.